The summed E-state index contributed by atoms with van der Waals surface area (Å²) in [5, 5.41) is 3.65. The van der Waals surface area contributed by atoms with Gasteiger partial charge in [0, 0.05) is 17.8 Å². The van der Waals surface area contributed by atoms with Crippen LogP contribution >= 0.6 is 0 Å². The van der Waals surface area contributed by atoms with Gasteiger partial charge in [-0.15, -0.1) is 0 Å². The van der Waals surface area contributed by atoms with Gasteiger partial charge in [-0.1, -0.05) is 19.8 Å². The summed E-state index contributed by atoms with van der Waals surface area (Å²) < 4.78 is 10.9. The van der Waals surface area contributed by atoms with Gasteiger partial charge in [0.15, 0.2) is 11.5 Å². The molecule has 1 aliphatic carbocycles. The average molecular weight is 263 g/mol. The molecule has 0 heterocycles. The van der Waals surface area contributed by atoms with E-state index in [9.17, 15) is 0 Å². The van der Waals surface area contributed by atoms with Gasteiger partial charge in [0.1, 0.15) is 0 Å². The minimum atomic E-state index is 0.604. The van der Waals surface area contributed by atoms with Crippen LogP contribution in [0, 0.1) is 5.92 Å². The highest BCUT2D eigenvalue weighted by Crippen LogP contribution is 2.34. The van der Waals surface area contributed by atoms with Gasteiger partial charge < -0.3 is 14.8 Å². The maximum absolute atomic E-state index is 5.54. The van der Waals surface area contributed by atoms with Crippen LogP contribution < -0.4 is 14.8 Å². The van der Waals surface area contributed by atoms with Crippen LogP contribution in [-0.4, -0.2) is 19.8 Å². The number of benzene rings is 1. The Hall–Kier alpha value is -1.38. The zero-order chi connectivity index (χ0) is 13.7. The lowest BCUT2D eigenvalue weighted by Gasteiger charge is -2.21. The second-order valence-electron chi connectivity index (χ2n) is 5.15. The Morgan fingerprint density at radius 2 is 2.05 bits per heavy atom. The number of hydrogen-bond acceptors (Lipinski definition) is 3. The summed E-state index contributed by atoms with van der Waals surface area (Å²) in [7, 11) is 1.69. The summed E-state index contributed by atoms with van der Waals surface area (Å²) in [6.45, 7) is 4.92. The second-order valence-corrected chi connectivity index (χ2v) is 5.15. The minimum absolute atomic E-state index is 0.604. The molecule has 1 saturated carbocycles. The molecule has 2 atom stereocenters. The largest absolute Gasteiger partial charge is 0.493 e. The fourth-order valence-electron chi connectivity index (χ4n) is 2.96. The maximum Gasteiger partial charge on any atom is 0.162 e. The van der Waals surface area contributed by atoms with Gasteiger partial charge >= 0.3 is 0 Å². The summed E-state index contributed by atoms with van der Waals surface area (Å²) in [4.78, 5) is 0. The molecule has 0 bridgehead atoms. The quantitative estimate of drug-likeness (QED) is 0.838. The second kappa shape index (κ2) is 6.69. The molecule has 0 radical (unpaired) electrons. The van der Waals surface area contributed by atoms with Gasteiger partial charge in [0.25, 0.3) is 0 Å². The van der Waals surface area contributed by atoms with E-state index in [0.717, 1.165) is 23.1 Å². The van der Waals surface area contributed by atoms with Crippen LogP contribution in [-0.2, 0) is 0 Å². The maximum atomic E-state index is 5.54. The number of rotatable bonds is 6. The van der Waals surface area contributed by atoms with Crippen molar-refractivity contribution in [2.75, 3.05) is 19.0 Å². The normalized spacial score (nSPS) is 22.3. The van der Waals surface area contributed by atoms with Crippen LogP contribution in [0.3, 0.4) is 0 Å². The van der Waals surface area contributed by atoms with E-state index in [1.54, 1.807) is 7.11 Å². The predicted molar refractivity (Wildman–Crippen MR) is 79.2 cm³/mol. The molecule has 2 rings (SSSR count). The van der Waals surface area contributed by atoms with Crippen LogP contribution in [0.5, 0.6) is 11.5 Å². The average Bonchev–Trinajstić information content (AvgIpc) is 2.88. The number of ether oxygens (including phenoxy) is 2. The minimum Gasteiger partial charge on any atom is -0.493 e. The molecule has 1 aliphatic rings. The summed E-state index contributed by atoms with van der Waals surface area (Å²) in [6.07, 6.45) is 5.21. The van der Waals surface area contributed by atoms with E-state index in [0.29, 0.717) is 12.6 Å². The number of hydrogen-bond donors (Lipinski definition) is 1. The fraction of sp³-hybridized carbons (Fsp3) is 0.625. The first-order chi connectivity index (χ1) is 9.28. The summed E-state index contributed by atoms with van der Waals surface area (Å²) >= 11 is 0. The van der Waals surface area contributed by atoms with E-state index < -0.39 is 0 Å². The van der Waals surface area contributed by atoms with Crippen LogP contribution in [0.2, 0.25) is 0 Å². The molecule has 0 spiro atoms. The van der Waals surface area contributed by atoms with E-state index >= 15 is 0 Å². The van der Waals surface area contributed by atoms with Crippen molar-refractivity contribution in [1.29, 1.82) is 0 Å². The summed E-state index contributed by atoms with van der Waals surface area (Å²) in [5.74, 6) is 2.42. The van der Waals surface area contributed by atoms with Gasteiger partial charge in [-0.3, -0.25) is 0 Å². The van der Waals surface area contributed by atoms with E-state index in [4.69, 9.17) is 9.47 Å². The first-order valence-electron chi connectivity index (χ1n) is 7.35. The Kier molecular flexibility index (Phi) is 4.94. The smallest absolute Gasteiger partial charge is 0.162 e. The van der Waals surface area contributed by atoms with Gasteiger partial charge in [-0.2, -0.15) is 0 Å². The molecular weight excluding hydrogens is 238 g/mol. The molecule has 1 N–H and O–H groups in total. The van der Waals surface area contributed by atoms with Gasteiger partial charge in [0.05, 0.1) is 13.7 Å². The van der Waals surface area contributed by atoms with Gasteiger partial charge in [0.2, 0.25) is 0 Å². The van der Waals surface area contributed by atoms with Crippen molar-refractivity contribution in [2.24, 2.45) is 5.92 Å². The highest BCUT2D eigenvalue weighted by molar-refractivity contribution is 5.55. The first-order valence-corrected chi connectivity index (χ1v) is 7.35. The Morgan fingerprint density at radius 3 is 2.74 bits per heavy atom. The Morgan fingerprint density at radius 1 is 1.21 bits per heavy atom. The molecule has 1 aromatic carbocycles. The van der Waals surface area contributed by atoms with Crippen molar-refractivity contribution < 1.29 is 9.47 Å². The molecule has 1 fully saturated rings. The topological polar surface area (TPSA) is 30.5 Å². The first kappa shape index (κ1) is 14.0. The molecule has 106 valence electrons. The molecule has 3 heteroatoms. The third kappa shape index (κ3) is 3.34. The lowest BCUT2D eigenvalue weighted by Crippen LogP contribution is -2.23. The Labute approximate surface area is 116 Å². The zero-order valence-electron chi connectivity index (χ0n) is 12.2. The number of methoxy groups -OCH3 is 1. The van der Waals surface area contributed by atoms with Gasteiger partial charge in [-0.05, 0) is 37.8 Å². The summed E-state index contributed by atoms with van der Waals surface area (Å²) in [5.41, 5.74) is 1.13. The van der Waals surface area contributed by atoms with Crippen molar-refractivity contribution in [3.05, 3.63) is 18.2 Å². The van der Waals surface area contributed by atoms with E-state index in [-0.39, 0.29) is 0 Å². The van der Waals surface area contributed by atoms with Crippen LogP contribution in [0.25, 0.3) is 0 Å². The van der Waals surface area contributed by atoms with Crippen molar-refractivity contribution in [1.82, 2.24) is 0 Å². The molecule has 19 heavy (non-hydrogen) atoms. The van der Waals surface area contributed by atoms with Crippen LogP contribution in [0.15, 0.2) is 18.2 Å². The Balaban J connectivity index is 2.08. The lowest BCUT2D eigenvalue weighted by atomic mass is 10.0. The molecule has 0 aliphatic heterocycles. The lowest BCUT2D eigenvalue weighted by molar-refractivity contribution is 0.311. The fourth-order valence-corrected chi connectivity index (χ4v) is 2.96. The third-order valence-electron chi connectivity index (χ3n) is 4.00. The van der Waals surface area contributed by atoms with Crippen molar-refractivity contribution >= 4 is 5.69 Å². The standard InChI is InChI=1S/C16H25NO2/c1-4-12-7-6-8-14(12)17-13-9-10-15(19-5-2)16(11-13)18-3/h9-12,14,17H,4-8H2,1-3H3. The Bertz CT molecular complexity index is 406. The van der Waals surface area contributed by atoms with Crippen LogP contribution in [0.1, 0.15) is 39.5 Å². The van der Waals surface area contributed by atoms with Gasteiger partial charge in [-0.25, -0.2) is 0 Å². The van der Waals surface area contributed by atoms with E-state index in [2.05, 4.69) is 18.3 Å². The molecule has 1 aromatic rings. The molecule has 0 saturated heterocycles. The van der Waals surface area contributed by atoms with Crippen molar-refractivity contribution in [3.8, 4) is 11.5 Å². The molecule has 2 unspecified atom stereocenters. The molecule has 0 amide bonds. The van der Waals surface area contributed by atoms with Crippen molar-refractivity contribution in [3.63, 3.8) is 0 Å². The SMILES string of the molecule is CCOc1ccc(NC2CCCC2CC)cc1OC. The summed E-state index contributed by atoms with van der Waals surface area (Å²) in [6, 6.07) is 6.71. The molecule has 0 aromatic heterocycles. The highest BCUT2D eigenvalue weighted by Gasteiger charge is 2.25. The molecular formula is C16H25NO2. The zero-order valence-corrected chi connectivity index (χ0v) is 12.2. The number of nitrogens with one attached hydrogen (secondary N) is 1. The van der Waals surface area contributed by atoms with Crippen LogP contribution in [0.4, 0.5) is 5.69 Å². The van der Waals surface area contributed by atoms with Crippen molar-refractivity contribution in [2.45, 2.75) is 45.6 Å². The predicted octanol–water partition coefficient (Wildman–Crippen LogP) is 4.08. The molecule has 3 nitrogen and oxygen atoms in total. The third-order valence-corrected chi connectivity index (χ3v) is 4.00. The van der Waals surface area contributed by atoms with E-state index in [1.165, 1.54) is 25.7 Å². The van der Waals surface area contributed by atoms with E-state index in [1.807, 2.05) is 19.1 Å². The number of anilines is 1. The monoisotopic (exact) mass is 263 g/mol. The highest BCUT2D eigenvalue weighted by atomic mass is 16.5.